The van der Waals surface area contributed by atoms with Gasteiger partial charge in [-0.3, -0.25) is 19.3 Å². The van der Waals surface area contributed by atoms with E-state index in [-0.39, 0.29) is 17.7 Å². The van der Waals surface area contributed by atoms with Gasteiger partial charge < -0.3 is 15.1 Å². The molecule has 0 atom stereocenters. The first-order valence-corrected chi connectivity index (χ1v) is 13.8. The van der Waals surface area contributed by atoms with Crippen LogP contribution in [-0.2, 0) is 4.79 Å². The summed E-state index contributed by atoms with van der Waals surface area (Å²) in [5.41, 5.74) is 1.92. The minimum atomic E-state index is -0.436. The van der Waals surface area contributed by atoms with E-state index in [1.165, 1.54) is 4.90 Å². The molecule has 0 bridgehead atoms. The number of unbranched alkanes of at least 4 members (excludes halogenated alkanes) is 3. The predicted octanol–water partition coefficient (Wildman–Crippen LogP) is 4.42. The number of amides is 3. The number of imide groups is 1. The molecule has 3 aromatic carbocycles. The summed E-state index contributed by atoms with van der Waals surface area (Å²) in [5.74, 6) is -0.203. The number of benzene rings is 3. The Morgan fingerprint density at radius 2 is 1.34 bits per heavy atom. The van der Waals surface area contributed by atoms with Crippen molar-refractivity contribution in [1.82, 2.24) is 15.1 Å². The van der Waals surface area contributed by atoms with Crippen LogP contribution in [-0.4, -0.2) is 65.9 Å². The van der Waals surface area contributed by atoms with E-state index in [1.807, 2.05) is 54.6 Å². The molecule has 3 aliphatic heterocycles. The highest BCUT2D eigenvalue weighted by molar-refractivity contribution is 6.25. The Hall–Kier alpha value is -3.71. The minimum absolute atomic E-state index is 0.154. The number of anilines is 1. The van der Waals surface area contributed by atoms with Crippen molar-refractivity contribution in [3.63, 3.8) is 0 Å². The number of nitrogens with zero attached hydrogens (tertiary/aromatic N) is 3. The number of nitrogens with one attached hydrogen (secondary N) is 1. The van der Waals surface area contributed by atoms with Crippen LogP contribution in [0.3, 0.4) is 0 Å². The van der Waals surface area contributed by atoms with Crippen LogP contribution in [0.2, 0.25) is 0 Å². The molecule has 7 nitrogen and oxygen atoms in total. The SMILES string of the molecule is O=C1c2cccc3cccc(c23)C(=O)N1CCCCCCN1CCC2(CC1)C(=O)NCN2c1ccccc1. The normalized spacial score (nSPS) is 19.0. The highest BCUT2D eigenvalue weighted by Crippen LogP contribution is 2.36. The highest BCUT2D eigenvalue weighted by Gasteiger charge is 2.50. The Bertz CT molecular complexity index is 1310. The number of piperidine rings is 1. The molecule has 1 spiro atoms. The maximum absolute atomic E-state index is 13.0. The number of para-hydroxylation sites is 1. The van der Waals surface area contributed by atoms with Crippen molar-refractivity contribution in [2.75, 3.05) is 37.7 Å². The van der Waals surface area contributed by atoms with Crippen LogP contribution in [0, 0.1) is 0 Å². The first-order chi connectivity index (χ1) is 18.6. The standard InChI is InChI=1S/C31H34N4O3/c36-28-25-14-8-10-23-11-9-15-26(27(23)25)29(37)34(28)19-7-2-1-6-18-33-20-16-31(17-21-33)30(38)32-22-35(31)24-12-4-3-5-13-24/h3-5,8-15H,1-2,6-7,16-22H2,(H,32,38). The molecule has 0 aromatic heterocycles. The number of carbonyl (C=O) groups excluding carboxylic acids is 3. The average molecular weight is 511 g/mol. The Balaban J connectivity index is 0.961. The number of hydrogen-bond donors (Lipinski definition) is 1. The Kier molecular flexibility index (Phi) is 6.62. The number of carbonyl (C=O) groups is 3. The van der Waals surface area contributed by atoms with Crippen LogP contribution in [0.1, 0.15) is 59.2 Å². The summed E-state index contributed by atoms with van der Waals surface area (Å²) in [6.45, 7) is 3.88. The first-order valence-electron chi connectivity index (χ1n) is 13.8. The van der Waals surface area contributed by atoms with E-state index in [2.05, 4.69) is 27.2 Å². The maximum Gasteiger partial charge on any atom is 0.261 e. The van der Waals surface area contributed by atoms with Gasteiger partial charge in [0.25, 0.3) is 11.8 Å². The molecule has 1 N–H and O–H groups in total. The van der Waals surface area contributed by atoms with E-state index >= 15 is 0 Å². The zero-order valence-electron chi connectivity index (χ0n) is 21.7. The lowest BCUT2D eigenvalue weighted by atomic mass is 9.85. The highest BCUT2D eigenvalue weighted by atomic mass is 16.2. The molecule has 0 radical (unpaired) electrons. The Morgan fingerprint density at radius 1 is 0.711 bits per heavy atom. The molecular formula is C31H34N4O3. The number of rotatable bonds is 8. The number of likely N-dealkylation sites (tertiary alicyclic amines) is 1. The van der Waals surface area contributed by atoms with Gasteiger partial charge in [0.2, 0.25) is 5.91 Å². The van der Waals surface area contributed by atoms with Gasteiger partial charge >= 0.3 is 0 Å². The lowest BCUT2D eigenvalue weighted by Gasteiger charge is -2.43. The lowest BCUT2D eigenvalue weighted by molar-refractivity contribution is -0.125. The van der Waals surface area contributed by atoms with Gasteiger partial charge in [0.05, 0.1) is 6.67 Å². The maximum atomic E-state index is 13.0. The third-order valence-corrected chi connectivity index (χ3v) is 8.55. The third-order valence-electron chi connectivity index (χ3n) is 8.55. The van der Waals surface area contributed by atoms with E-state index in [0.29, 0.717) is 24.3 Å². The molecule has 0 aliphatic carbocycles. The zero-order valence-corrected chi connectivity index (χ0v) is 21.7. The third kappa shape index (κ3) is 4.25. The molecule has 38 heavy (non-hydrogen) atoms. The molecule has 0 saturated carbocycles. The van der Waals surface area contributed by atoms with Gasteiger partial charge in [-0.15, -0.1) is 0 Å². The van der Waals surface area contributed by atoms with Crippen molar-refractivity contribution >= 4 is 34.2 Å². The van der Waals surface area contributed by atoms with Crippen LogP contribution in [0.25, 0.3) is 10.8 Å². The van der Waals surface area contributed by atoms with Crippen LogP contribution < -0.4 is 10.2 Å². The zero-order chi connectivity index (χ0) is 26.1. The van der Waals surface area contributed by atoms with Crippen LogP contribution >= 0.6 is 0 Å². The van der Waals surface area contributed by atoms with Crippen LogP contribution in [0.5, 0.6) is 0 Å². The van der Waals surface area contributed by atoms with Crippen LogP contribution in [0.4, 0.5) is 5.69 Å². The average Bonchev–Trinajstić information content (AvgIpc) is 3.27. The molecule has 3 heterocycles. The molecule has 2 fully saturated rings. The summed E-state index contributed by atoms with van der Waals surface area (Å²) in [6, 6.07) is 21.5. The van der Waals surface area contributed by atoms with Crippen molar-refractivity contribution in [2.24, 2.45) is 0 Å². The quantitative estimate of drug-likeness (QED) is 0.359. The molecular weight excluding hydrogens is 476 g/mol. The van der Waals surface area contributed by atoms with E-state index in [1.54, 1.807) is 0 Å². The van der Waals surface area contributed by atoms with Gasteiger partial charge in [0, 0.05) is 41.8 Å². The fourth-order valence-electron chi connectivity index (χ4n) is 6.42. The van der Waals surface area contributed by atoms with Crippen molar-refractivity contribution in [1.29, 1.82) is 0 Å². The second-order valence-electron chi connectivity index (χ2n) is 10.7. The van der Waals surface area contributed by atoms with Crippen molar-refractivity contribution in [2.45, 2.75) is 44.1 Å². The fraction of sp³-hybridized carbons (Fsp3) is 0.387. The predicted molar refractivity (Wildman–Crippen MR) is 148 cm³/mol. The Labute approximate surface area is 223 Å². The minimum Gasteiger partial charge on any atom is -0.339 e. The molecule has 196 valence electrons. The van der Waals surface area contributed by atoms with Gasteiger partial charge in [-0.05, 0) is 61.9 Å². The lowest BCUT2D eigenvalue weighted by Crippen LogP contribution is -2.56. The molecule has 2 saturated heterocycles. The number of hydrogen-bond acceptors (Lipinski definition) is 5. The summed E-state index contributed by atoms with van der Waals surface area (Å²) in [7, 11) is 0. The molecule has 3 aromatic rings. The fourth-order valence-corrected chi connectivity index (χ4v) is 6.42. The first kappa shape index (κ1) is 24.6. The molecule has 6 rings (SSSR count). The van der Waals surface area contributed by atoms with E-state index in [9.17, 15) is 14.4 Å². The molecule has 7 heteroatoms. The Morgan fingerprint density at radius 3 is 2.00 bits per heavy atom. The van der Waals surface area contributed by atoms with Crippen LogP contribution in [0.15, 0.2) is 66.7 Å². The summed E-state index contributed by atoms with van der Waals surface area (Å²) in [4.78, 5) is 45.1. The topological polar surface area (TPSA) is 73.0 Å². The van der Waals surface area contributed by atoms with Crippen molar-refractivity contribution in [3.8, 4) is 0 Å². The van der Waals surface area contributed by atoms with Gasteiger partial charge in [0.15, 0.2) is 0 Å². The summed E-state index contributed by atoms with van der Waals surface area (Å²) >= 11 is 0. The molecule has 0 unspecified atom stereocenters. The monoisotopic (exact) mass is 510 g/mol. The van der Waals surface area contributed by atoms with E-state index in [0.717, 1.165) is 74.6 Å². The summed E-state index contributed by atoms with van der Waals surface area (Å²) in [6.07, 6.45) is 5.59. The van der Waals surface area contributed by atoms with Crippen molar-refractivity contribution in [3.05, 3.63) is 77.9 Å². The van der Waals surface area contributed by atoms with Gasteiger partial charge in [-0.25, -0.2) is 0 Å². The second kappa shape index (κ2) is 10.2. The van der Waals surface area contributed by atoms with Gasteiger partial charge in [0.1, 0.15) is 5.54 Å². The second-order valence-corrected chi connectivity index (χ2v) is 10.7. The van der Waals surface area contributed by atoms with E-state index < -0.39 is 5.54 Å². The van der Waals surface area contributed by atoms with Gasteiger partial charge in [-0.1, -0.05) is 55.3 Å². The molecule has 3 amide bonds. The smallest absolute Gasteiger partial charge is 0.261 e. The van der Waals surface area contributed by atoms with E-state index in [4.69, 9.17) is 0 Å². The molecule has 3 aliphatic rings. The van der Waals surface area contributed by atoms with Gasteiger partial charge in [-0.2, -0.15) is 0 Å². The van der Waals surface area contributed by atoms with Crippen molar-refractivity contribution < 1.29 is 14.4 Å². The summed E-state index contributed by atoms with van der Waals surface area (Å²) < 4.78 is 0. The largest absolute Gasteiger partial charge is 0.339 e. The summed E-state index contributed by atoms with van der Waals surface area (Å²) in [5, 5.41) is 4.79.